The fraction of sp³-hybridized carbons (Fsp3) is 0.308. The minimum Gasteiger partial charge on any atom is -0.376 e. The molecule has 5 rings (SSSR count). The van der Waals surface area contributed by atoms with Crippen molar-refractivity contribution in [3.05, 3.63) is 71.3 Å². The molecule has 1 aliphatic heterocycles. The second kappa shape index (κ2) is 8.40. The van der Waals surface area contributed by atoms with E-state index in [4.69, 9.17) is 9.72 Å². The topological polar surface area (TPSA) is 42.4 Å². The van der Waals surface area contributed by atoms with Gasteiger partial charge in [0.25, 0.3) is 0 Å². The van der Waals surface area contributed by atoms with E-state index >= 15 is 0 Å². The van der Waals surface area contributed by atoms with Gasteiger partial charge in [-0.15, -0.1) is 0 Å². The molecule has 1 aromatic heterocycles. The summed E-state index contributed by atoms with van der Waals surface area (Å²) in [5.41, 5.74) is 4.44. The lowest BCUT2D eigenvalue weighted by atomic mass is 10.0. The Hall–Kier alpha value is -2.76. The van der Waals surface area contributed by atoms with Crippen molar-refractivity contribution in [2.24, 2.45) is 0 Å². The highest BCUT2D eigenvalue weighted by atomic mass is 32.1. The predicted octanol–water partition coefficient (Wildman–Crippen LogP) is 5.82. The molecule has 1 amide bonds. The van der Waals surface area contributed by atoms with Gasteiger partial charge < -0.3 is 4.74 Å². The zero-order valence-corrected chi connectivity index (χ0v) is 18.7. The predicted molar refractivity (Wildman–Crippen MR) is 128 cm³/mol. The molecule has 4 aromatic rings. The Morgan fingerprint density at radius 2 is 1.97 bits per heavy atom. The van der Waals surface area contributed by atoms with E-state index < -0.39 is 0 Å². The third-order valence-electron chi connectivity index (χ3n) is 6.24. The molecular formula is C26H26N2O2S. The maximum Gasteiger partial charge on any atom is 0.233 e. The van der Waals surface area contributed by atoms with E-state index in [0.717, 1.165) is 51.1 Å². The minimum atomic E-state index is 0.0697. The Bertz CT molecular complexity index is 1250. The van der Waals surface area contributed by atoms with Crippen LogP contribution in [0.1, 0.15) is 29.5 Å². The Labute approximate surface area is 186 Å². The van der Waals surface area contributed by atoms with E-state index in [2.05, 4.69) is 50.2 Å². The van der Waals surface area contributed by atoms with Gasteiger partial charge in [-0.2, -0.15) is 0 Å². The van der Waals surface area contributed by atoms with Crippen LogP contribution in [0.3, 0.4) is 0 Å². The largest absolute Gasteiger partial charge is 0.376 e. The van der Waals surface area contributed by atoms with Crippen molar-refractivity contribution in [1.29, 1.82) is 0 Å². The molecular weight excluding hydrogens is 404 g/mol. The molecule has 0 spiro atoms. The van der Waals surface area contributed by atoms with Crippen molar-refractivity contribution in [1.82, 2.24) is 4.98 Å². The van der Waals surface area contributed by atoms with Crippen LogP contribution in [-0.4, -0.2) is 30.1 Å². The standard InChI is InChI=1S/C26H26N2O2S/c1-17-12-13-23-25(18(17)2)27-26(31-23)28(16-21-10-6-14-30-21)24(29)15-20-9-5-8-19-7-3-4-11-22(19)20/h3-5,7-9,11-13,21H,6,10,14-16H2,1-2H3. The van der Waals surface area contributed by atoms with Crippen molar-refractivity contribution >= 4 is 43.4 Å². The number of hydrogen-bond donors (Lipinski definition) is 0. The van der Waals surface area contributed by atoms with Crippen LogP contribution in [0.2, 0.25) is 0 Å². The Kier molecular flexibility index (Phi) is 5.47. The normalized spacial score (nSPS) is 16.3. The lowest BCUT2D eigenvalue weighted by Crippen LogP contribution is -2.38. The van der Waals surface area contributed by atoms with E-state index in [1.807, 2.05) is 23.1 Å². The molecule has 1 fully saturated rings. The van der Waals surface area contributed by atoms with Crippen molar-refractivity contribution in [3.8, 4) is 0 Å². The van der Waals surface area contributed by atoms with Gasteiger partial charge in [-0.05, 0) is 60.2 Å². The first kappa shape index (κ1) is 20.2. The summed E-state index contributed by atoms with van der Waals surface area (Å²) < 4.78 is 6.99. The number of anilines is 1. The van der Waals surface area contributed by atoms with Crippen LogP contribution in [0.15, 0.2) is 54.6 Å². The monoisotopic (exact) mass is 430 g/mol. The summed E-state index contributed by atoms with van der Waals surface area (Å²) in [6, 6.07) is 18.6. The second-order valence-electron chi connectivity index (χ2n) is 8.31. The third kappa shape index (κ3) is 3.95. The van der Waals surface area contributed by atoms with Gasteiger partial charge in [-0.3, -0.25) is 9.69 Å². The summed E-state index contributed by atoms with van der Waals surface area (Å²) in [6.45, 7) is 5.53. The Morgan fingerprint density at radius 3 is 2.81 bits per heavy atom. The smallest absolute Gasteiger partial charge is 0.233 e. The maximum absolute atomic E-state index is 13.6. The molecule has 1 saturated heterocycles. The van der Waals surface area contributed by atoms with Gasteiger partial charge >= 0.3 is 0 Å². The zero-order chi connectivity index (χ0) is 21.4. The molecule has 0 aliphatic carbocycles. The number of thiazole rings is 1. The van der Waals surface area contributed by atoms with Gasteiger partial charge in [0.2, 0.25) is 5.91 Å². The average molecular weight is 431 g/mol. The number of aryl methyl sites for hydroxylation is 2. The first-order valence-electron chi connectivity index (χ1n) is 10.9. The van der Waals surface area contributed by atoms with E-state index in [1.54, 1.807) is 11.3 Å². The molecule has 158 valence electrons. The number of carbonyl (C=O) groups is 1. The van der Waals surface area contributed by atoms with Crippen molar-refractivity contribution in [2.45, 2.75) is 39.2 Å². The quantitative estimate of drug-likeness (QED) is 0.401. The highest BCUT2D eigenvalue weighted by molar-refractivity contribution is 7.22. The van der Waals surface area contributed by atoms with Crippen LogP contribution in [0, 0.1) is 13.8 Å². The number of benzene rings is 3. The number of rotatable bonds is 5. The average Bonchev–Trinajstić information content (AvgIpc) is 3.45. The maximum atomic E-state index is 13.6. The molecule has 4 nitrogen and oxygen atoms in total. The van der Waals surface area contributed by atoms with Crippen LogP contribution in [0.4, 0.5) is 5.13 Å². The molecule has 1 unspecified atom stereocenters. The van der Waals surface area contributed by atoms with Crippen LogP contribution >= 0.6 is 11.3 Å². The highest BCUT2D eigenvalue weighted by Crippen LogP contribution is 2.33. The fourth-order valence-electron chi connectivity index (χ4n) is 4.31. The molecule has 5 heteroatoms. The summed E-state index contributed by atoms with van der Waals surface area (Å²) in [5.74, 6) is 0.0697. The van der Waals surface area contributed by atoms with Crippen LogP contribution in [0.25, 0.3) is 21.0 Å². The van der Waals surface area contributed by atoms with Crippen molar-refractivity contribution < 1.29 is 9.53 Å². The lowest BCUT2D eigenvalue weighted by molar-refractivity contribution is -0.118. The van der Waals surface area contributed by atoms with Gasteiger partial charge in [-0.1, -0.05) is 59.9 Å². The van der Waals surface area contributed by atoms with Crippen LogP contribution < -0.4 is 4.90 Å². The van der Waals surface area contributed by atoms with Crippen LogP contribution in [0.5, 0.6) is 0 Å². The molecule has 2 heterocycles. The zero-order valence-electron chi connectivity index (χ0n) is 17.9. The molecule has 0 bridgehead atoms. The van der Waals surface area contributed by atoms with Gasteiger partial charge in [0.1, 0.15) is 0 Å². The number of fused-ring (bicyclic) bond motifs is 2. The third-order valence-corrected chi connectivity index (χ3v) is 7.28. The minimum absolute atomic E-state index is 0.0697. The van der Waals surface area contributed by atoms with Crippen molar-refractivity contribution in [3.63, 3.8) is 0 Å². The van der Waals surface area contributed by atoms with E-state index in [0.29, 0.717) is 13.0 Å². The Morgan fingerprint density at radius 1 is 1.13 bits per heavy atom. The summed E-state index contributed by atoms with van der Waals surface area (Å²) in [5, 5.41) is 3.06. The van der Waals surface area contributed by atoms with Gasteiger partial charge in [-0.25, -0.2) is 4.98 Å². The summed E-state index contributed by atoms with van der Waals surface area (Å²) in [7, 11) is 0. The second-order valence-corrected chi connectivity index (χ2v) is 9.31. The number of carbonyl (C=O) groups excluding carboxylic acids is 1. The first-order valence-corrected chi connectivity index (χ1v) is 11.7. The van der Waals surface area contributed by atoms with Crippen LogP contribution in [-0.2, 0) is 16.0 Å². The molecule has 0 saturated carbocycles. The number of nitrogens with zero attached hydrogens (tertiary/aromatic N) is 2. The molecule has 1 aliphatic rings. The Balaban J connectivity index is 1.51. The lowest BCUT2D eigenvalue weighted by Gasteiger charge is -2.23. The summed E-state index contributed by atoms with van der Waals surface area (Å²) in [6.07, 6.45) is 2.46. The highest BCUT2D eigenvalue weighted by Gasteiger charge is 2.27. The van der Waals surface area contributed by atoms with Gasteiger partial charge in [0.15, 0.2) is 5.13 Å². The molecule has 3 aromatic carbocycles. The molecule has 0 radical (unpaired) electrons. The van der Waals surface area contributed by atoms with Crippen molar-refractivity contribution in [2.75, 3.05) is 18.1 Å². The first-order chi connectivity index (χ1) is 15.1. The molecule has 0 N–H and O–H groups in total. The summed E-state index contributed by atoms with van der Waals surface area (Å²) in [4.78, 5) is 20.4. The summed E-state index contributed by atoms with van der Waals surface area (Å²) >= 11 is 1.59. The number of amides is 1. The fourth-order valence-corrected chi connectivity index (χ4v) is 5.36. The number of hydrogen-bond acceptors (Lipinski definition) is 4. The number of ether oxygens (including phenoxy) is 1. The van der Waals surface area contributed by atoms with Gasteiger partial charge in [0, 0.05) is 6.61 Å². The van der Waals surface area contributed by atoms with E-state index in [9.17, 15) is 4.79 Å². The van der Waals surface area contributed by atoms with E-state index in [1.165, 1.54) is 11.1 Å². The van der Waals surface area contributed by atoms with Gasteiger partial charge in [0.05, 0.1) is 29.3 Å². The SMILES string of the molecule is Cc1ccc2sc(N(CC3CCCO3)C(=O)Cc3cccc4ccccc34)nc2c1C. The van der Waals surface area contributed by atoms with E-state index in [-0.39, 0.29) is 12.0 Å². The molecule has 1 atom stereocenters. The number of aromatic nitrogens is 1. The molecule has 31 heavy (non-hydrogen) atoms.